The van der Waals surface area contributed by atoms with Crippen LogP contribution in [0.1, 0.15) is 31.9 Å². The second kappa shape index (κ2) is 7.56. The molecule has 0 amide bonds. The van der Waals surface area contributed by atoms with E-state index in [4.69, 9.17) is 9.47 Å². The van der Waals surface area contributed by atoms with Crippen LogP contribution in [-0.4, -0.2) is 29.9 Å². The molecule has 0 radical (unpaired) electrons. The van der Waals surface area contributed by atoms with Crippen molar-refractivity contribution in [1.82, 2.24) is 0 Å². The van der Waals surface area contributed by atoms with Crippen LogP contribution >= 0.6 is 15.9 Å². The Morgan fingerprint density at radius 3 is 2.60 bits per heavy atom. The van der Waals surface area contributed by atoms with Gasteiger partial charge in [-0.2, -0.15) is 0 Å². The molecule has 7 heteroatoms. The van der Waals surface area contributed by atoms with Crippen LogP contribution in [0.4, 0.5) is 5.69 Å². The maximum Gasteiger partial charge on any atom is 0.312 e. The fourth-order valence-electron chi connectivity index (χ4n) is 1.72. The second-order valence-electron chi connectivity index (χ2n) is 4.49. The summed E-state index contributed by atoms with van der Waals surface area (Å²) in [5, 5.41) is 20.9. The lowest BCUT2D eigenvalue weighted by Gasteiger charge is -2.18. The summed E-state index contributed by atoms with van der Waals surface area (Å²) in [6.07, 6.45) is -0.522. The van der Waals surface area contributed by atoms with Gasteiger partial charge in [0.2, 0.25) is 5.75 Å². The number of methoxy groups -OCH3 is 1. The van der Waals surface area contributed by atoms with Gasteiger partial charge in [-0.25, -0.2) is 0 Å². The standard InChI is InChI=1S/C13H18BrNO5/c1-8(4-5-19-3)20-13-11(9(2)16)6-10(14)7-12(13)15(17)18/h6-9,16H,4-5H2,1-3H3. The lowest BCUT2D eigenvalue weighted by atomic mass is 10.1. The number of nitro benzene ring substituents is 1. The van der Waals surface area contributed by atoms with Crippen molar-refractivity contribution in [2.75, 3.05) is 13.7 Å². The zero-order valence-corrected chi connectivity index (χ0v) is 13.2. The highest BCUT2D eigenvalue weighted by atomic mass is 79.9. The predicted octanol–water partition coefficient (Wildman–Crippen LogP) is 3.21. The molecule has 6 nitrogen and oxygen atoms in total. The molecular weight excluding hydrogens is 330 g/mol. The Bertz CT molecular complexity index is 478. The number of nitrogens with zero attached hydrogens (tertiary/aromatic N) is 1. The summed E-state index contributed by atoms with van der Waals surface area (Å²) in [6, 6.07) is 2.99. The number of aliphatic hydroxyl groups excluding tert-OH is 1. The van der Waals surface area contributed by atoms with Gasteiger partial charge in [-0.15, -0.1) is 0 Å². The topological polar surface area (TPSA) is 81.8 Å². The van der Waals surface area contributed by atoms with Crippen molar-refractivity contribution in [1.29, 1.82) is 0 Å². The molecule has 2 atom stereocenters. The fourth-order valence-corrected chi connectivity index (χ4v) is 2.18. The number of halogens is 1. The Labute approximate surface area is 126 Å². The Morgan fingerprint density at radius 2 is 2.10 bits per heavy atom. The highest BCUT2D eigenvalue weighted by Crippen LogP contribution is 2.38. The van der Waals surface area contributed by atoms with Crippen LogP contribution < -0.4 is 4.74 Å². The molecule has 1 aromatic rings. The first-order valence-corrected chi connectivity index (χ1v) is 6.97. The van der Waals surface area contributed by atoms with E-state index in [9.17, 15) is 15.2 Å². The molecule has 0 aliphatic carbocycles. The van der Waals surface area contributed by atoms with E-state index >= 15 is 0 Å². The predicted molar refractivity (Wildman–Crippen MR) is 78.0 cm³/mol. The molecule has 112 valence electrons. The molecule has 0 spiro atoms. The summed E-state index contributed by atoms with van der Waals surface area (Å²) in [6.45, 7) is 3.84. The quantitative estimate of drug-likeness (QED) is 0.604. The molecule has 2 unspecified atom stereocenters. The average Bonchev–Trinajstić information content (AvgIpc) is 2.37. The van der Waals surface area contributed by atoms with Crippen molar-refractivity contribution in [2.24, 2.45) is 0 Å². The van der Waals surface area contributed by atoms with Crippen molar-refractivity contribution in [2.45, 2.75) is 32.5 Å². The minimum absolute atomic E-state index is 0.108. The Balaban J connectivity index is 3.16. The number of rotatable bonds is 7. The Hall–Kier alpha value is -1.18. The number of benzene rings is 1. The molecule has 0 aliphatic rings. The number of ether oxygens (including phenoxy) is 2. The van der Waals surface area contributed by atoms with Crippen molar-refractivity contribution < 1.29 is 19.5 Å². The van der Waals surface area contributed by atoms with E-state index in [1.165, 1.54) is 13.0 Å². The summed E-state index contributed by atoms with van der Waals surface area (Å²) >= 11 is 3.20. The SMILES string of the molecule is COCCC(C)Oc1c(C(C)O)cc(Br)cc1[N+](=O)[O-]. The number of aliphatic hydroxyl groups is 1. The van der Waals surface area contributed by atoms with Crippen LogP contribution in [0.2, 0.25) is 0 Å². The first-order chi connectivity index (χ1) is 9.36. The fraction of sp³-hybridized carbons (Fsp3) is 0.538. The van der Waals surface area contributed by atoms with Crippen molar-refractivity contribution in [3.05, 3.63) is 32.3 Å². The first-order valence-electron chi connectivity index (χ1n) is 6.18. The van der Waals surface area contributed by atoms with E-state index < -0.39 is 11.0 Å². The van der Waals surface area contributed by atoms with Gasteiger partial charge in [0.05, 0.1) is 17.1 Å². The summed E-state index contributed by atoms with van der Waals surface area (Å²) in [5.41, 5.74) is 0.217. The van der Waals surface area contributed by atoms with Crippen LogP contribution in [0, 0.1) is 10.1 Å². The second-order valence-corrected chi connectivity index (χ2v) is 5.40. The highest BCUT2D eigenvalue weighted by molar-refractivity contribution is 9.10. The van der Waals surface area contributed by atoms with Gasteiger partial charge in [-0.05, 0) is 19.9 Å². The zero-order chi connectivity index (χ0) is 15.3. The molecule has 1 rings (SSSR count). The van der Waals surface area contributed by atoms with Gasteiger partial charge in [0.25, 0.3) is 0 Å². The molecule has 0 fully saturated rings. The summed E-state index contributed by atoms with van der Waals surface area (Å²) in [7, 11) is 1.58. The molecule has 0 saturated heterocycles. The van der Waals surface area contributed by atoms with Gasteiger partial charge in [0.1, 0.15) is 0 Å². The average molecular weight is 348 g/mol. The van der Waals surface area contributed by atoms with Crippen LogP contribution in [0.25, 0.3) is 0 Å². The lowest BCUT2D eigenvalue weighted by Crippen LogP contribution is -2.16. The molecule has 20 heavy (non-hydrogen) atoms. The Morgan fingerprint density at radius 1 is 1.45 bits per heavy atom. The van der Waals surface area contributed by atoms with Gasteiger partial charge in [0, 0.05) is 36.2 Å². The molecule has 0 aromatic heterocycles. The van der Waals surface area contributed by atoms with Gasteiger partial charge in [-0.3, -0.25) is 10.1 Å². The minimum Gasteiger partial charge on any atom is -0.483 e. The maximum absolute atomic E-state index is 11.1. The third-order valence-electron chi connectivity index (χ3n) is 2.76. The van der Waals surface area contributed by atoms with E-state index in [0.717, 1.165) is 0 Å². The van der Waals surface area contributed by atoms with Crippen LogP contribution in [0.5, 0.6) is 5.75 Å². The summed E-state index contributed by atoms with van der Waals surface area (Å²) in [4.78, 5) is 10.6. The normalized spacial score (nSPS) is 13.8. The van der Waals surface area contributed by atoms with Crippen molar-refractivity contribution in [3.63, 3.8) is 0 Å². The number of nitro groups is 1. The monoisotopic (exact) mass is 347 g/mol. The molecule has 0 heterocycles. The molecule has 0 saturated carbocycles. The van der Waals surface area contributed by atoms with E-state index in [1.54, 1.807) is 20.1 Å². The van der Waals surface area contributed by atoms with Gasteiger partial charge in [0.15, 0.2) is 0 Å². The molecule has 0 bridgehead atoms. The molecular formula is C13H18BrNO5. The third kappa shape index (κ3) is 4.43. The first kappa shape index (κ1) is 16.9. The lowest BCUT2D eigenvalue weighted by molar-refractivity contribution is -0.386. The van der Waals surface area contributed by atoms with Gasteiger partial charge in [-0.1, -0.05) is 15.9 Å². The van der Waals surface area contributed by atoms with Gasteiger partial charge < -0.3 is 14.6 Å². The number of hydrogen-bond donors (Lipinski definition) is 1. The molecule has 0 aliphatic heterocycles. The van der Waals surface area contributed by atoms with Crippen LogP contribution in [-0.2, 0) is 4.74 Å². The Kier molecular flexibility index (Phi) is 6.38. The van der Waals surface area contributed by atoms with Crippen molar-refractivity contribution in [3.8, 4) is 5.75 Å². The van der Waals surface area contributed by atoms with Crippen LogP contribution in [0.15, 0.2) is 16.6 Å². The summed E-state index contributed by atoms with van der Waals surface area (Å²) < 4.78 is 11.1. The number of hydrogen-bond acceptors (Lipinski definition) is 5. The highest BCUT2D eigenvalue weighted by Gasteiger charge is 2.24. The third-order valence-corrected chi connectivity index (χ3v) is 3.21. The van der Waals surface area contributed by atoms with E-state index in [0.29, 0.717) is 23.1 Å². The molecule has 1 N–H and O–H groups in total. The molecule has 1 aromatic carbocycles. The summed E-state index contributed by atoms with van der Waals surface area (Å²) in [5.74, 6) is 0.108. The van der Waals surface area contributed by atoms with E-state index in [-0.39, 0.29) is 17.5 Å². The largest absolute Gasteiger partial charge is 0.483 e. The zero-order valence-electron chi connectivity index (χ0n) is 11.6. The smallest absolute Gasteiger partial charge is 0.312 e. The van der Waals surface area contributed by atoms with Crippen LogP contribution in [0.3, 0.4) is 0 Å². The van der Waals surface area contributed by atoms with E-state index in [2.05, 4.69) is 15.9 Å². The van der Waals surface area contributed by atoms with Gasteiger partial charge >= 0.3 is 5.69 Å². The van der Waals surface area contributed by atoms with Crippen molar-refractivity contribution >= 4 is 21.6 Å². The maximum atomic E-state index is 11.1. The minimum atomic E-state index is -0.865. The van der Waals surface area contributed by atoms with E-state index in [1.807, 2.05) is 0 Å².